The van der Waals surface area contributed by atoms with Crippen molar-refractivity contribution in [2.45, 2.75) is 30.6 Å². The number of hydrogen-bond donors (Lipinski definition) is 0. The van der Waals surface area contributed by atoms with Gasteiger partial charge < -0.3 is 9.80 Å². The second-order valence-electron chi connectivity index (χ2n) is 5.36. The van der Waals surface area contributed by atoms with E-state index in [4.69, 9.17) is 23.2 Å². The lowest BCUT2D eigenvalue weighted by molar-refractivity contribution is -0.145. The molecule has 108 valence electrons. The Bertz CT molecular complexity index is 419. The van der Waals surface area contributed by atoms with Crippen LogP contribution in [0.25, 0.3) is 0 Å². The SMILES string of the molecule is CCN(C)C(=O)[C@H]1CSCN1C(=O)[C@@]1(C)CC1(Cl)Cl. The molecule has 1 aliphatic carbocycles. The van der Waals surface area contributed by atoms with E-state index in [9.17, 15) is 9.59 Å². The summed E-state index contributed by atoms with van der Waals surface area (Å²) in [4.78, 5) is 28.1. The number of carbonyl (C=O) groups is 2. The van der Waals surface area contributed by atoms with E-state index < -0.39 is 9.75 Å². The summed E-state index contributed by atoms with van der Waals surface area (Å²) in [5, 5.41) is 0. The first-order chi connectivity index (χ1) is 8.74. The van der Waals surface area contributed by atoms with Crippen molar-refractivity contribution < 1.29 is 9.59 Å². The van der Waals surface area contributed by atoms with Gasteiger partial charge in [-0.3, -0.25) is 9.59 Å². The van der Waals surface area contributed by atoms with E-state index >= 15 is 0 Å². The van der Waals surface area contributed by atoms with Crippen LogP contribution < -0.4 is 0 Å². The second kappa shape index (κ2) is 5.01. The van der Waals surface area contributed by atoms with E-state index in [1.165, 1.54) is 0 Å². The number of carbonyl (C=O) groups excluding carboxylic acids is 2. The number of halogens is 2. The summed E-state index contributed by atoms with van der Waals surface area (Å²) < 4.78 is -0.985. The van der Waals surface area contributed by atoms with Gasteiger partial charge in [0.05, 0.1) is 11.3 Å². The fourth-order valence-corrected chi connectivity index (χ4v) is 4.05. The van der Waals surface area contributed by atoms with E-state index in [0.29, 0.717) is 24.6 Å². The number of amides is 2. The Labute approximate surface area is 127 Å². The van der Waals surface area contributed by atoms with Gasteiger partial charge in [0.25, 0.3) is 0 Å². The molecule has 0 aromatic heterocycles. The number of alkyl halides is 2. The molecule has 19 heavy (non-hydrogen) atoms. The van der Waals surface area contributed by atoms with Crippen molar-refractivity contribution in [3.05, 3.63) is 0 Å². The number of hydrogen-bond acceptors (Lipinski definition) is 3. The van der Waals surface area contributed by atoms with E-state index in [2.05, 4.69) is 0 Å². The molecule has 1 saturated heterocycles. The smallest absolute Gasteiger partial charge is 0.245 e. The van der Waals surface area contributed by atoms with Crippen LogP contribution in [0.2, 0.25) is 0 Å². The predicted octanol–water partition coefficient (Wildman–Crippen LogP) is 1.95. The van der Waals surface area contributed by atoms with Crippen LogP contribution in [-0.2, 0) is 9.59 Å². The van der Waals surface area contributed by atoms with Crippen LogP contribution in [0.3, 0.4) is 0 Å². The number of likely N-dealkylation sites (N-methyl/N-ethyl adjacent to an activating group) is 1. The van der Waals surface area contributed by atoms with Gasteiger partial charge >= 0.3 is 0 Å². The third kappa shape index (κ3) is 2.45. The molecular formula is C12H18Cl2N2O2S. The van der Waals surface area contributed by atoms with Crippen LogP contribution in [0.1, 0.15) is 20.3 Å². The normalized spacial score (nSPS) is 32.3. The van der Waals surface area contributed by atoms with Crippen LogP contribution >= 0.6 is 35.0 Å². The molecule has 0 aromatic carbocycles. The average Bonchev–Trinajstić information content (AvgIpc) is 2.75. The summed E-state index contributed by atoms with van der Waals surface area (Å²) in [5.41, 5.74) is -0.746. The molecule has 0 unspecified atom stereocenters. The third-order valence-electron chi connectivity index (χ3n) is 4.01. The van der Waals surface area contributed by atoms with Crippen molar-refractivity contribution in [1.82, 2.24) is 9.80 Å². The Morgan fingerprint density at radius 1 is 1.47 bits per heavy atom. The Balaban J connectivity index is 2.12. The van der Waals surface area contributed by atoms with Gasteiger partial charge in [0.15, 0.2) is 0 Å². The summed E-state index contributed by atoms with van der Waals surface area (Å²) in [6.45, 7) is 4.31. The molecule has 0 radical (unpaired) electrons. The van der Waals surface area contributed by atoms with Gasteiger partial charge in [-0.1, -0.05) is 0 Å². The molecule has 0 spiro atoms. The molecule has 2 atom stereocenters. The fraction of sp³-hybridized carbons (Fsp3) is 0.833. The summed E-state index contributed by atoms with van der Waals surface area (Å²) in [5.74, 6) is 1.06. The van der Waals surface area contributed by atoms with E-state index in [1.54, 1.807) is 35.5 Å². The van der Waals surface area contributed by atoms with Crippen LogP contribution in [0.15, 0.2) is 0 Å². The molecule has 4 nitrogen and oxygen atoms in total. The highest BCUT2D eigenvalue weighted by Crippen LogP contribution is 2.64. The first kappa shape index (κ1) is 15.3. The summed E-state index contributed by atoms with van der Waals surface area (Å²) >= 11 is 13.7. The molecule has 2 aliphatic rings. The zero-order chi connectivity index (χ0) is 14.4. The molecule has 1 aliphatic heterocycles. The summed E-state index contributed by atoms with van der Waals surface area (Å²) in [7, 11) is 1.75. The van der Waals surface area contributed by atoms with Crippen molar-refractivity contribution in [3.8, 4) is 0 Å². The van der Waals surface area contributed by atoms with Gasteiger partial charge in [0.1, 0.15) is 10.4 Å². The van der Waals surface area contributed by atoms with Crippen molar-refractivity contribution in [2.75, 3.05) is 25.2 Å². The second-order valence-corrected chi connectivity index (χ2v) is 7.84. The molecule has 2 amide bonds. The molecule has 0 aromatic rings. The molecule has 2 fully saturated rings. The lowest BCUT2D eigenvalue weighted by Crippen LogP contribution is -2.50. The Morgan fingerprint density at radius 2 is 2.05 bits per heavy atom. The van der Waals surface area contributed by atoms with Crippen molar-refractivity contribution in [2.24, 2.45) is 5.41 Å². The van der Waals surface area contributed by atoms with Crippen LogP contribution in [0.4, 0.5) is 0 Å². The molecule has 1 heterocycles. The highest BCUT2D eigenvalue weighted by Gasteiger charge is 2.69. The molecule has 7 heteroatoms. The maximum Gasteiger partial charge on any atom is 0.245 e. The maximum atomic E-state index is 12.5. The first-order valence-corrected chi connectivity index (χ1v) is 8.17. The highest BCUT2D eigenvalue weighted by molar-refractivity contribution is 7.99. The Morgan fingerprint density at radius 3 is 2.53 bits per heavy atom. The molecule has 2 rings (SSSR count). The van der Waals surface area contributed by atoms with Crippen LogP contribution in [-0.4, -0.2) is 57.2 Å². The molecule has 0 bridgehead atoms. The number of nitrogens with zero attached hydrogens (tertiary/aromatic N) is 2. The zero-order valence-corrected chi connectivity index (χ0v) is 13.6. The van der Waals surface area contributed by atoms with Gasteiger partial charge in [0, 0.05) is 19.3 Å². The average molecular weight is 325 g/mol. The van der Waals surface area contributed by atoms with E-state index in [0.717, 1.165) is 0 Å². The summed E-state index contributed by atoms with van der Waals surface area (Å²) in [6, 6.07) is -0.385. The first-order valence-electron chi connectivity index (χ1n) is 6.26. The Hall–Kier alpha value is -0.130. The number of thioether (sulfide) groups is 1. The predicted molar refractivity (Wildman–Crippen MR) is 78.4 cm³/mol. The van der Waals surface area contributed by atoms with Crippen molar-refractivity contribution >= 4 is 46.8 Å². The van der Waals surface area contributed by atoms with Crippen molar-refractivity contribution in [3.63, 3.8) is 0 Å². The lowest BCUT2D eigenvalue weighted by Gasteiger charge is -2.29. The zero-order valence-electron chi connectivity index (χ0n) is 11.3. The Kier molecular flexibility index (Phi) is 4.02. The van der Waals surface area contributed by atoms with E-state index in [-0.39, 0.29) is 17.9 Å². The topological polar surface area (TPSA) is 40.6 Å². The molecule has 1 saturated carbocycles. The maximum absolute atomic E-state index is 12.5. The van der Waals surface area contributed by atoms with Crippen LogP contribution in [0.5, 0.6) is 0 Å². The monoisotopic (exact) mass is 324 g/mol. The third-order valence-corrected chi connectivity index (χ3v) is 6.12. The van der Waals surface area contributed by atoms with Gasteiger partial charge in [-0.15, -0.1) is 35.0 Å². The van der Waals surface area contributed by atoms with Gasteiger partial charge in [-0.2, -0.15) is 0 Å². The minimum Gasteiger partial charge on any atom is -0.344 e. The number of rotatable bonds is 3. The highest BCUT2D eigenvalue weighted by atomic mass is 35.5. The van der Waals surface area contributed by atoms with Gasteiger partial charge in [-0.05, 0) is 20.3 Å². The van der Waals surface area contributed by atoms with Crippen molar-refractivity contribution in [1.29, 1.82) is 0 Å². The summed E-state index contributed by atoms with van der Waals surface area (Å²) in [6.07, 6.45) is 0.452. The minimum absolute atomic E-state index is 0.0140. The lowest BCUT2D eigenvalue weighted by atomic mass is 10.1. The quantitative estimate of drug-likeness (QED) is 0.745. The van der Waals surface area contributed by atoms with Gasteiger partial charge in [-0.25, -0.2) is 0 Å². The largest absolute Gasteiger partial charge is 0.344 e. The standard InChI is InChI=1S/C12H18Cl2N2O2S/c1-4-15(3)9(17)8-5-19-7-16(8)10(18)11(2)6-12(11,13)14/h8H,4-7H2,1-3H3/t8-,11-/m1/s1. The molecule has 0 N–H and O–H groups in total. The molecular weight excluding hydrogens is 307 g/mol. The van der Waals surface area contributed by atoms with Crippen LogP contribution in [0, 0.1) is 5.41 Å². The minimum atomic E-state index is -0.985. The van der Waals surface area contributed by atoms with E-state index in [1.807, 2.05) is 6.92 Å². The van der Waals surface area contributed by atoms with Gasteiger partial charge in [0.2, 0.25) is 11.8 Å². The fourth-order valence-electron chi connectivity index (χ4n) is 2.21.